The second-order valence-corrected chi connectivity index (χ2v) is 3.61. The zero-order valence-electron chi connectivity index (χ0n) is 6.83. The van der Waals surface area contributed by atoms with Crippen molar-refractivity contribution >= 4 is 27.0 Å². The van der Waals surface area contributed by atoms with Crippen LogP contribution in [0, 0.1) is 0 Å². The number of aromatic nitrogens is 1. The van der Waals surface area contributed by atoms with Crippen molar-refractivity contribution in [3.8, 4) is 0 Å². The summed E-state index contributed by atoms with van der Waals surface area (Å²) >= 11 is 3.35. The maximum atomic E-state index is 8.69. The second-order valence-electron chi connectivity index (χ2n) is 2.69. The Kier molecular flexibility index (Phi) is 2.33. The predicted molar refractivity (Wildman–Crippen MR) is 52.5 cm³/mol. The molecule has 2 rings (SSSR count). The van der Waals surface area contributed by atoms with Crippen molar-refractivity contribution in [2.75, 3.05) is 6.61 Å². The first-order valence-corrected chi connectivity index (χ1v) is 4.75. The highest BCUT2D eigenvalue weighted by molar-refractivity contribution is 9.10. The third kappa shape index (κ3) is 1.73. The first-order chi connectivity index (χ1) is 6.29. The van der Waals surface area contributed by atoms with Crippen LogP contribution in [0.4, 0.5) is 0 Å². The first-order valence-electron chi connectivity index (χ1n) is 3.95. The van der Waals surface area contributed by atoms with E-state index in [0.717, 1.165) is 15.6 Å². The molecule has 1 aromatic carbocycles. The van der Waals surface area contributed by atoms with E-state index in [9.17, 15) is 0 Å². The second kappa shape index (κ2) is 3.47. The summed E-state index contributed by atoms with van der Waals surface area (Å²) in [6.07, 6.45) is 0.465. The van der Waals surface area contributed by atoms with Gasteiger partial charge in [-0.1, -0.05) is 15.9 Å². The minimum Gasteiger partial charge on any atom is -0.441 e. The summed E-state index contributed by atoms with van der Waals surface area (Å²) in [5.74, 6) is 0.579. The quantitative estimate of drug-likeness (QED) is 0.877. The van der Waals surface area contributed by atoms with Gasteiger partial charge in [-0.05, 0) is 18.2 Å². The van der Waals surface area contributed by atoms with Crippen LogP contribution in [0.15, 0.2) is 27.1 Å². The van der Waals surface area contributed by atoms with Gasteiger partial charge < -0.3 is 9.52 Å². The van der Waals surface area contributed by atoms with E-state index in [1.54, 1.807) is 0 Å². The van der Waals surface area contributed by atoms with E-state index in [-0.39, 0.29) is 6.61 Å². The molecular formula is C9H8BrNO2. The van der Waals surface area contributed by atoms with Crippen LogP contribution in [0.25, 0.3) is 11.1 Å². The molecule has 1 heterocycles. The zero-order chi connectivity index (χ0) is 9.26. The van der Waals surface area contributed by atoms with Gasteiger partial charge >= 0.3 is 0 Å². The first kappa shape index (κ1) is 8.72. The number of hydrogen-bond acceptors (Lipinski definition) is 3. The van der Waals surface area contributed by atoms with E-state index in [1.165, 1.54) is 0 Å². The van der Waals surface area contributed by atoms with Gasteiger partial charge in [-0.3, -0.25) is 0 Å². The molecule has 0 aliphatic heterocycles. The lowest BCUT2D eigenvalue weighted by atomic mass is 10.3. The number of halogens is 1. The van der Waals surface area contributed by atoms with Crippen LogP contribution < -0.4 is 0 Å². The highest BCUT2D eigenvalue weighted by atomic mass is 79.9. The van der Waals surface area contributed by atoms with E-state index >= 15 is 0 Å². The van der Waals surface area contributed by atoms with E-state index in [0.29, 0.717) is 12.3 Å². The predicted octanol–water partition coefficient (Wildman–Crippen LogP) is 2.13. The smallest absolute Gasteiger partial charge is 0.197 e. The van der Waals surface area contributed by atoms with Crippen molar-refractivity contribution in [1.82, 2.24) is 4.98 Å². The number of benzene rings is 1. The molecule has 13 heavy (non-hydrogen) atoms. The lowest BCUT2D eigenvalue weighted by molar-refractivity contribution is 0.287. The highest BCUT2D eigenvalue weighted by Gasteiger charge is 2.04. The number of rotatable bonds is 2. The van der Waals surface area contributed by atoms with E-state index < -0.39 is 0 Å². The van der Waals surface area contributed by atoms with Gasteiger partial charge in [0.2, 0.25) is 0 Å². The molecule has 68 valence electrons. The molecule has 4 heteroatoms. The monoisotopic (exact) mass is 241 g/mol. The molecule has 0 spiro atoms. The van der Waals surface area contributed by atoms with Crippen LogP contribution in [0.5, 0.6) is 0 Å². The minimum absolute atomic E-state index is 0.0635. The van der Waals surface area contributed by atoms with Crippen LogP contribution >= 0.6 is 15.9 Å². The maximum absolute atomic E-state index is 8.69. The standard InChI is InChI=1S/C9H8BrNO2/c10-6-1-2-8-7(5-6)11-9(13-8)3-4-12/h1-2,5,12H,3-4H2. The fourth-order valence-corrected chi connectivity index (χ4v) is 1.50. The number of fused-ring (bicyclic) bond motifs is 1. The molecule has 0 aliphatic carbocycles. The minimum atomic E-state index is 0.0635. The molecule has 0 saturated carbocycles. The Morgan fingerprint density at radius 2 is 2.31 bits per heavy atom. The van der Waals surface area contributed by atoms with Gasteiger partial charge in [-0.15, -0.1) is 0 Å². The number of hydrogen-bond donors (Lipinski definition) is 1. The van der Waals surface area contributed by atoms with Crippen LogP contribution in [0.2, 0.25) is 0 Å². The molecule has 0 saturated heterocycles. The summed E-state index contributed by atoms with van der Waals surface area (Å²) < 4.78 is 6.35. The molecule has 0 aliphatic rings. The van der Waals surface area contributed by atoms with E-state index in [2.05, 4.69) is 20.9 Å². The molecule has 2 aromatic rings. The number of nitrogens with zero attached hydrogens (tertiary/aromatic N) is 1. The SMILES string of the molecule is OCCc1nc2cc(Br)ccc2o1. The Morgan fingerprint density at radius 1 is 1.46 bits per heavy atom. The zero-order valence-corrected chi connectivity index (χ0v) is 8.41. The lowest BCUT2D eigenvalue weighted by Gasteiger charge is -1.86. The van der Waals surface area contributed by atoms with Gasteiger partial charge in [0.25, 0.3) is 0 Å². The van der Waals surface area contributed by atoms with Gasteiger partial charge in [-0.2, -0.15) is 0 Å². The van der Waals surface area contributed by atoms with Gasteiger partial charge in [0.1, 0.15) is 5.52 Å². The Balaban J connectivity index is 2.49. The summed E-state index contributed by atoms with van der Waals surface area (Å²) in [4.78, 5) is 4.21. The molecule has 0 fully saturated rings. The van der Waals surface area contributed by atoms with Crippen molar-refractivity contribution in [3.05, 3.63) is 28.6 Å². The fourth-order valence-electron chi connectivity index (χ4n) is 1.15. The van der Waals surface area contributed by atoms with Gasteiger partial charge in [0, 0.05) is 10.9 Å². The molecule has 3 nitrogen and oxygen atoms in total. The fraction of sp³-hybridized carbons (Fsp3) is 0.222. The summed E-state index contributed by atoms with van der Waals surface area (Å²) in [6, 6.07) is 5.64. The van der Waals surface area contributed by atoms with Crippen molar-refractivity contribution in [2.24, 2.45) is 0 Å². The van der Waals surface area contributed by atoms with E-state index in [1.807, 2.05) is 18.2 Å². The Hall–Kier alpha value is -0.870. The Morgan fingerprint density at radius 3 is 3.08 bits per heavy atom. The maximum Gasteiger partial charge on any atom is 0.197 e. The highest BCUT2D eigenvalue weighted by Crippen LogP contribution is 2.20. The third-order valence-corrected chi connectivity index (χ3v) is 2.21. The summed E-state index contributed by atoms with van der Waals surface area (Å²) in [6.45, 7) is 0.0635. The molecule has 1 aromatic heterocycles. The molecule has 1 N–H and O–H groups in total. The largest absolute Gasteiger partial charge is 0.441 e. The summed E-state index contributed by atoms with van der Waals surface area (Å²) in [7, 11) is 0. The van der Waals surface area contributed by atoms with Gasteiger partial charge in [0.15, 0.2) is 11.5 Å². The van der Waals surface area contributed by atoms with Crippen molar-refractivity contribution < 1.29 is 9.52 Å². The van der Waals surface area contributed by atoms with Gasteiger partial charge in [0.05, 0.1) is 6.61 Å². The normalized spacial score (nSPS) is 10.9. The van der Waals surface area contributed by atoms with Crippen LogP contribution in [-0.4, -0.2) is 16.7 Å². The Labute approximate surface area is 83.5 Å². The van der Waals surface area contributed by atoms with Crippen LogP contribution in [0.3, 0.4) is 0 Å². The summed E-state index contributed by atoms with van der Waals surface area (Å²) in [5.41, 5.74) is 1.57. The molecule has 0 unspecified atom stereocenters. The topological polar surface area (TPSA) is 46.3 Å². The summed E-state index contributed by atoms with van der Waals surface area (Å²) in [5, 5.41) is 8.69. The number of oxazole rings is 1. The van der Waals surface area contributed by atoms with Crippen LogP contribution in [0.1, 0.15) is 5.89 Å². The van der Waals surface area contributed by atoms with Crippen LogP contribution in [-0.2, 0) is 6.42 Å². The average Bonchev–Trinajstić information content (AvgIpc) is 2.46. The molecule has 0 radical (unpaired) electrons. The Bertz CT molecular complexity index is 424. The average molecular weight is 242 g/mol. The van der Waals surface area contributed by atoms with Gasteiger partial charge in [-0.25, -0.2) is 4.98 Å². The lowest BCUT2D eigenvalue weighted by Crippen LogP contribution is -1.88. The van der Waals surface area contributed by atoms with Crippen molar-refractivity contribution in [2.45, 2.75) is 6.42 Å². The molecule has 0 amide bonds. The molecule has 0 bridgehead atoms. The van der Waals surface area contributed by atoms with E-state index in [4.69, 9.17) is 9.52 Å². The molecule has 0 atom stereocenters. The molecular weight excluding hydrogens is 234 g/mol. The number of aliphatic hydroxyl groups excluding tert-OH is 1. The van der Waals surface area contributed by atoms with Crippen molar-refractivity contribution in [3.63, 3.8) is 0 Å². The third-order valence-electron chi connectivity index (χ3n) is 1.72. The number of aliphatic hydroxyl groups is 1. The van der Waals surface area contributed by atoms with Crippen molar-refractivity contribution in [1.29, 1.82) is 0 Å².